The van der Waals surface area contributed by atoms with Crippen molar-refractivity contribution in [3.8, 4) is 0 Å². The van der Waals surface area contributed by atoms with Gasteiger partial charge in [-0.2, -0.15) is 0 Å². The highest BCUT2D eigenvalue weighted by Crippen LogP contribution is 2.37. The minimum atomic E-state index is -0.0263. The van der Waals surface area contributed by atoms with E-state index >= 15 is 0 Å². The van der Waals surface area contributed by atoms with Crippen LogP contribution in [0.1, 0.15) is 38.8 Å². The molecular formula is C17H27N3O. The zero-order valence-corrected chi connectivity index (χ0v) is 13.5. The molecule has 1 saturated carbocycles. The van der Waals surface area contributed by atoms with E-state index in [2.05, 4.69) is 43.5 Å². The third-order valence-electron chi connectivity index (χ3n) is 4.30. The summed E-state index contributed by atoms with van der Waals surface area (Å²) in [5.74, 6) is 1.45. The molecule has 0 bridgehead atoms. The van der Waals surface area contributed by atoms with Gasteiger partial charge in [-0.1, -0.05) is 26.0 Å². The Kier molecular flexibility index (Phi) is 5.23. The number of rotatable bonds is 6. The van der Waals surface area contributed by atoms with Crippen LogP contribution in [0.15, 0.2) is 24.3 Å². The summed E-state index contributed by atoms with van der Waals surface area (Å²) in [5, 5.41) is 6.33. The Balaban J connectivity index is 1.85. The van der Waals surface area contributed by atoms with Gasteiger partial charge in [-0.25, -0.2) is 4.79 Å². The molecule has 1 fully saturated rings. The third kappa shape index (κ3) is 4.46. The number of amides is 2. The van der Waals surface area contributed by atoms with Crippen molar-refractivity contribution >= 4 is 11.7 Å². The van der Waals surface area contributed by atoms with E-state index in [0.717, 1.165) is 24.7 Å². The van der Waals surface area contributed by atoms with Gasteiger partial charge in [0.05, 0.1) is 0 Å². The molecule has 0 saturated heterocycles. The van der Waals surface area contributed by atoms with Crippen LogP contribution in [0.4, 0.5) is 10.5 Å². The number of carbonyl (C=O) groups is 1. The van der Waals surface area contributed by atoms with Gasteiger partial charge in [-0.15, -0.1) is 0 Å². The average Bonchev–Trinajstić information content (AvgIpc) is 3.15. The maximum atomic E-state index is 12.1. The highest BCUT2D eigenvalue weighted by Gasteiger charge is 2.34. The Hall–Kier alpha value is -1.55. The summed E-state index contributed by atoms with van der Waals surface area (Å²) in [7, 11) is 1.86. The SMILES string of the molecule is CCNC(C)c1ccc(NC(=O)N(C)CC2CC2C)cc1. The largest absolute Gasteiger partial charge is 0.327 e. The van der Waals surface area contributed by atoms with Gasteiger partial charge in [0.25, 0.3) is 0 Å². The molecule has 21 heavy (non-hydrogen) atoms. The van der Waals surface area contributed by atoms with E-state index in [0.29, 0.717) is 12.0 Å². The number of carbonyl (C=O) groups excluding carboxylic acids is 1. The smallest absolute Gasteiger partial charge is 0.321 e. The number of anilines is 1. The molecular weight excluding hydrogens is 262 g/mol. The molecule has 1 aliphatic carbocycles. The quantitative estimate of drug-likeness (QED) is 0.842. The lowest BCUT2D eigenvalue weighted by molar-refractivity contribution is 0.220. The Labute approximate surface area is 127 Å². The molecule has 1 aromatic rings. The van der Waals surface area contributed by atoms with E-state index in [1.54, 1.807) is 4.90 Å². The maximum absolute atomic E-state index is 12.1. The second kappa shape index (κ2) is 6.94. The monoisotopic (exact) mass is 289 g/mol. The summed E-state index contributed by atoms with van der Waals surface area (Å²) in [5.41, 5.74) is 2.08. The first kappa shape index (κ1) is 15.8. The number of benzene rings is 1. The standard InChI is InChI=1S/C17H27N3O/c1-5-18-13(3)14-6-8-16(9-7-14)19-17(21)20(4)11-15-10-12(15)2/h6-9,12-13,15,18H,5,10-11H2,1-4H3,(H,19,21). The lowest BCUT2D eigenvalue weighted by atomic mass is 10.1. The van der Waals surface area contributed by atoms with Gasteiger partial charge in [-0.3, -0.25) is 0 Å². The van der Waals surface area contributed by atoms with Crippen LogP contribution in [-0.2, 0) is 0 Å². The van der Waals surface area contributed by atoms with Crippen molar-refractivity contribution in [3.63, 3.8) is 0 Å². The van der Waals surface area contributed by atoms with E-state index in [4.69, 9.17) is 0 Å². The van der Waals surface area contributed by atoms with E-state index in [1.165, 1.54) is 12.0 Å². The van der Waals surface area contributed by atoms with Gasteiger partial charge in [-0.05, 0) is 49.4 Å². The number of urea groups is 1. The Morgan fingerprint density at radius 3 is 2.52 bits per heavy atom. The fourth-order valence-electron chi connectivity index (χ4n) is 2.59. The molecule has 1 aromatic carbocycles. The maximum Gasteiger partial charge on any atom is 0.321 e. The zero-order chi connectivity index (χ0) is 15.4. The van der Waals surface area contributed by atoms with Gasteiger partial charge in [0, 0.05) is 25.3 Å². The summed E-state index contributed by atoms with van der Waals surface area (Å²) in [6.07, 6.45) is 1.24. The van der Waals surface area contributed by atoms with Crippen LogP contribution >= 0.6 is 0 Å². The van der Waals surface area contributed by atoms with E-state index < -0.39 is 0 Å². The second-order valence-electron chi connectivity index (χ2n) is 6.19. The van der Waals surface area contributed by atoms with Crippen molar-refractivity contribution in [3.05, 3.63) is 29.8 Å². The molecule has 4 heteroatoms. The molecule has 3 atom stereocenters. The van der Waals surface area contributed by atoms with E-state index in [1.807, 2.05) is 19.2 Å². The van der Waals surface area contributed by atoms with Crippen LogP contribution in [0.3, 0.4) is 0 Å². The average molecular weight is 289 g/mol. The summed E-state index contributed by atoms with van der Waals surface area (Å²) in [4.78, 5) is 13.9. The van der Waals surface area contributed by atoms with Gasteiger partial charge in [0.1, 0.15) is 0 Å². The molecule has 0 aromatic heterocycles. The van der Waals surface area contributed by atoms with Gasteiger partial charge in [0.2, 0.25) is 0 Å². The predicted molar refractivity (Wildman–Crippen MR) is 87.5 cm³/mol. The van der Waals surface area contributed by atoms with Crippen LogP contribution in [-0.4, -0.2) is 31.1 Å². The number of hydrogen-bond acceptors (Lipinski definition) is 2. The zero-order valence-electron chi connectivity index (χ0n) is 13.5. The van der Waals surface area contributed by atoms with Crippen LogP contribution < -0.4 is 10.6 Å². The Morgan fingerprint density at radius 2 is 2.00 bits per heavy atom. The molecule has 0 radical (unpaired) electrons. The Morgan fingerprint density at radius 1 is 1.38 bits per heavy atom. The second-order valence-corrected chi connectivity index (χ2v) is 6.19. The van der Waals surface area contributed by atoms with Crippen molar-refractivity contribution < 1.29 is 4.79 Å². The molecule has 3 unspecified atom stereocenters. The van der Waals surface area contributed by atoms with Gasteiger partial charge in [0.15, 0.2) is 0 Å². The molecule has 116 valence electrons. The first-order valence-corrected chi connectivity index (χ1v) is 7.86. The van der Waals surface area contributed by atoms with Crippen LogP contribution in [0.2, 0.25) is 0 Å². The fourth-order valence-corrected chi connectivity index (χ4v) is 2.59. The predicted octanol–water partition coefficient (Wildman–Crippen LogP) is 3.48. The number of hydrogen-bond donors (Lipinski definition) is 2. The van der Waals surface area contributed by atoms with Crippen molar-refractivity contribution in [2.45, 2.75) is 33.2 Å². The van der Waals surface area contributed by atoms with E-state index in [-0.39, 0.29) is 6.03 Å². The highest BCUT2D eigenvalue weighted by atomic mass is 16.2. The number of nitrogens with zero attached hydrogens (tertiary/aromatic N) is 1. The van der Waals surface area contributed by atoms with Gasteiger partial charge >= 0.3 is 6.03 Å². The van der Waals surface area contributed by atoms with E-state index in [9.17, 15) is 4.79 Å². The molecule has 2 amide bonds. The lowest BCUT2D eigenvalue weighted by Crippen LogP contribution is -2.33. The van der Waals surface area contributed by atoms with Crippen LogP contribution in [0.5, 0.6) is 0 Å². The Bertz CT molecular complexity index is 471. The summed E-state index contributed by atoms with van der Waals surface area (Å²) < 4.78 is 0. The first-order valence-electron chi connectivity index (χ1n) is 7.86. The van der Waals surface area contributed by atoms with Crippen molar-refractivity contribution in [2.24, 2.45) is 11.8 Å². The molecule has 4 nitrogen and oxygen atoms in total. The molecule has 0 heterocycles. The molecule has 0 aliphatic heterocycles. The summed E-state index contributed by atoms with van der Waals surface area (Å²) >= 11 is 0. The van der Waals surface area contributed by atoms with Gasteiger partial charge < -0.3 is 15.5 Å². The van der Waals surface area contributed by atoms with Crippen LogP contribution in [0, 0.1) is 11.8 Å². The molecule has 1 aliphatic rings. The minimum absolute atomic E-state index is 0.0263. The highest BCUT2D eigenvalue weighted by molar-refractivity contribution is 5.89. The summed E-state index contributed by atoms with van der Waals surface area (Å²) in [6, 6.07) is 8.36. The van der Waals surface area contributed by atoms with Crippen molar-refractivity contribution in [1.29, 1.82) is 0 Å². The number of nitrogens with one attached hydrogen (secondary N) is 2. The lowest BCUT2D eigenvalue weighted by Gasteiger charge is -2.18. The molecule has 2 N–H and O–H groups in total. The fraction of sp³-hybridized carbons (Fsp3) is 0.588. The molecule has 2 rings (SSSR count). The first-order chi connectivity index (χ1) is 10.0. The third-order valence-corrected chi connectivity index (χ3v) is 4.30. The summed E-state index contributed by atoms with van der Waals surface area (Å²) in [6.45, 7) is 8.27. The topological polar surface area (TPSA) is 44.4 Å². The van der Waals surface area contributed by atoms with Crippen molar-refractivity contribution in [1.82, 2.24) is 10.2 Å². The normalized spacial score (nSPS) is 21.7. The minimum Gasteiger partial charge on any atom is -0.327 e. The van der Waals surface area contributed by atoms with Crippen molar-refractivity contribution in [2.75, 3.05) is 25.5 Å². The van der Waals surface area contributed by atoms with Crippen LogP contribution in [0.25, 0.3) is 0 Å². The molecule has 0 spiro atoms.